The third-order valence-corrected chi connectivity index (χ3v) is 4.36. The van der Waals surface area contributed by atoms with E-state index in [4.69, 9.17) is 18.9 Å². The summed E-state index contributed by atoms with van der Waals surface area (Å²) in [7, 11) is 6.31. The number of amides is 1. The van der Waals surface area contributed by atoms with Crippen LogP contribution in [0, 0.1) is 6.92 Å². The lowest BCUT2D eigenvalue weighted by Crippen LogP contribution is -2.24. The number of ether oxygens (including phenoxy) is 4. The first kappa shape index (κ1) is 19.3. The first-order chi connectivity index (χ1) is 13.5. The fourth-order valence-electron chi connectivity index (χ4n) is 2.88. The molecule has 2 aromatic rings. The van der Waals surface area contributed by atoms with Crippen molar-refractivity contribution in [2.75, 3.05) is 28.4 Å². The van der Waals surface area contributed by atoms with E-state index in [0.29, 0.717) is 40.0 Å². The monoisotopic (exact) mass is 382 g/mol. The second kappa shape index (κ2) is 8.04. The van der Waals surface area contributed by atoms with Gasteiger partial charge in [0.15, 0.2) is 0 Å². The molecule has 3 rings (SSSR count). The van der Waals surface area contributed by atoms with Gasteiger partial charge in [-0.3, -0.25) is 4.79 Å². The lowest BCUT2D eigenvalue weighted by molar-refractivity contribution is -0.115. The number of carbonyl (C=O) groups is 1. The summed E-state index contributed by atoms with van der Waals surface area (Å²) in [6, 6.07) is 8.98. The smallest absolute Gasteiger partial charge is 0.275 e. The van der Waals surface area contributed by atoms with Crippen molar-refractivity contribution in [3.63, 3.8) is 0 Å². The molecule has 2 aromatic carbocycles. The van der Waals surface area contributed by atoms with E-state index in [1.54, 1.807) is 52.7 Å². The van der Waals surface area contributed by atoms with E-state index in [1.807, 2.05) is 19.1 Å². The molecule has 1 aliphatic heterocycles. The second-order valence-electron chi connectivity index (χ2n) is 6.11. The summed E-state index contributed by atoms with van der Waals surface area (Å²) in [4.78, 5) is 16.9. The number of amidine groups is 1. The van der Waals surface area contributed by atoms with Crippen molar-refractivity contribution in [2.45, 2.75) is 6.92 Å². The molecule has 0 aromatic heterocycles. The van der Waals surface area contributed by atoms with Crippen LogP contribution in [-0.4, -0.2) is 40.2 Å². The van der Waals surface area contributed by atoms with Crippen LogP contribution in [0.3, 0.4) is 0 Å². The molecule has 0 unspecified atom stereocenters. The summed E-state index contributed by atoms with van der Waals surface area (Å²) in [6.45, 7) is 1.92. The highest BCUT2D eigenvalue weighted by atomic mass is 16.5. The molecule has 1 amide bonds. The Kier molecular flexibility index (Phi) is 5.54. The maximum absolute atomic E-state index is 12.5. The van der Waals surface area contributed by atoms with Crippen LogP contribution in [0.1, 0.15) is 16.7 Å². The Labute approximate surface area is 163 Å². The van der Waals surface area contributed by atoms with Crippen LogP contribution in [0.4, 0.5) is 0 Å². The van der Waals surface area contributed by atoms with Crippen molar-refractivity contribution in [3.8, 4) is 23.0 Å². The summed E-state index contributed by atoms with van der Waals surface area (Å²) < 4.78 is 21.4. The summed E-state index contributed by atoms with van der Waals surface area (Å²) in [5.74, 6) is 2.66. The Morgan fingerprint density at radius 3 is 2.07 bits per heavy atom. The number of hydrogen-bond acceptors (Lipinski definition) is 6. The van der Waals surface area contributed by atoms with Gasteiger partial charge in [0, 0.05) is 17.2 Å². The molecule has 0 aliphatic carbocycles. The molecule has 0 bridgehead atoms. The van der Waals surface area contributed by atoms with Gasteiger partial charge in [-0.1, -0.05) is 0 Å². The number of aliphatic imine (C=N–C) groups is 1. The maximum atomic E-state index is 12.5. The number of benzene rings is 2. The van der Waals surface area contributed by atoms with Crippen molar-refractivity contribution in [2.24, 2.45) is 4.99 Å². The minimum atomic E-state index is -0.307. The first-order valence-electron chi connectivity index (χ1n) is 8.56. The van der Waals surface area contributed by atoms with Gasteiger partial charge >= 0.3 is 0 Å². The van der Waals surface area contributed by atoms with Gasteiger partial charge in [-0.05, 0) is 42.8 Å². The molecule has 1 N–H and O–H groups in total. The molecule has 0 spiro atoms. The lowest BCUT2D eigenvalue weighted by Gasteiger charge is -2.10. The average Bonchev–Trinajstić information content (AvgIpc) is 3.08. The number of hydrogen-bond donors (Lipinski definition) is 1. The van der Waals surface area contributed by atoms with Crippen molar-refractivity contribution >= 4 is 17.8 Å². The topological polar surface area (TPSA) is 78.4 Å². The summed E-state index contributed by atoms with van der Waals surface area (Å²) in [5, 5.41) is 2.78. The third kappa shape index (κ3) is 3.78. The van der Waals surface area contributed by atoms with E-state index >= 15 is 0 Å². The number of nitrogens with one attached hydrogen (secondary N) is 1. The highest BCUT2D eigenvalue weighted by molar-refractivity contribution is 6.20. The number of aryl methyl sites for hydroxylation is 1. The van der Waals surface area contributed by atoms with E-state index in [9.17, 15) is 4.79 Å². The van der Waals surface area contributed by atoms with Crippen molar-refractivity contribution in [1.82, 2.24) is 5.32 Å². The molecule has 0 saturated carbocycles. The van der Waals surface area contributed by atoms with Gasteiger partial charge in [0.2, 0.25) is 0 Å². The van der Waals surface area contributed by atoms with Gasteiger partial charge < -0.3 is 24.3 Å². The van der Waals surface area contributed by atoms with Gasteiger partial charge in [-0.2, -0.15) is 0 Å². The lowest BCUT2D eigenvalue weighted by atomic mass is 10.1. The molecule has 1 aliphatic rings. The Morgan fingerprint density at radius 2 is 1.50 bits per heavy atom. The molecule has 0 saturated heterocycles. The molecule has 1 heterocycles. The number of carbonyl (C=O) groups excluding carboxylic acids is 1. The minimum Gasteiger partial charge on any atom is -0.497 e. The molecular weight excluding hydrogens is 360 g/mol. The molecular formula is C21H22N2O5. The summed E-state index contributed by atoms with van der Waals surface area (Å²) in [5.41, 5.74) is 2.58. The molecule has 7 nitrogen and oxygen atoms in total. The number of rotatable bonds is 6. The normalized spacial score (nSPS) is 14.5. The van der Waals surface area contributed by atoms with Crippen molar-refractivity contribution < 1.29 is 23.7 Å². The zero-order chi connectivity index (χ0) is 20.3. The van der Waals surface area contributed by atoms with Gasteiger partial charge in [-0.25, -0.2) is 4.99 Å². The molecule has 0 atom stereocenters. The average molecular weight is 382 g/mol. The van der Waals surface area contributed by atoms with Crippen molar-refractivity contribution in [1.29, 1.82) is 0 Å². The van der Waals surface area contributed by atoms with Crippen LogP contribution in [0.15, 0.2) is 41.0 Å². The van der Waals surface area contributed by atoms with E-state index in [1.165, 1.54) is 0 Å². The molecule has 7 heteroatoms. The quantitative estimate of drug-likeness (QED) is 0.777. The van der Waals surface area contributed by atoms with Crippen LogP contribution in [0.2, 0.25) is 0 Å². The Balaban J connectivity index is 2.03. The zero-order valence-electron chi connectivity index (χ0n) is 16.5. The first-order valence-corrected chi connectivity index (χ1v) is 8.56. The Bertz CT molecular complexity index is 957. The van der Waals surface area contributed by atoms with Gasteiger partial charge in [0.1, 0.15) is 34.5 Å². The zero-order valence-corrected chi connectivity index (χ0v) is 16.5. The standard InChI is InChI=1S/C21H22N2O5/c1-12-6-19(28-5)13(10-18(12)27-4)9-17-21(24)23-20(22-17)14-7-15(25-2)11-16(8-14)26-3/h6-11H,1-5H3,(H,22,23,24)/b17-9+. The maximum Gasteiger partial charge on any atom is 0.275 e. The minimum absolute atomic E-state index is 0.265. The fourth-order valence-corrected chi connectivity index (χ4v) is 2.88. The summed E-state index contributed by atoms with van der Waals surface area (Å²) in [6.07, 6.45) is 1.67. The largest absolute Gasteiger partial charge is 0.497 e. The fraction of sp³-hybridized carbons (Fsp3) is 0.238. The highest BCUT2D eigenvalue weighted by Crippen LogP contribution is 2.31. The van der Waals surface area contributed by atoms with Crippen LogP contribution in [0.5, 0.6) is 23.0 Å². The van der Waals surface area contributed by atoms with Gasteiger partial charge in [0.05, 0.1) is 28.4 Å². The predicted molar refractivity (Wildman–Crippen MR) is 106 cm³/mol. The van der Waals surface area contributed by atoms with Crippen LogP contribution in [0.25, 0.3) is 6.08 Å². The van der Waals surface area contributed by atoms with E-state index in [0.717, 1.165) is 5.56 Å². The SMILES string of the molecule is COc1cc(OC)cc(C2=N/C(=C/c3cc(OC)c(C)cc3OC)C(=O)N2)c1. The van der Waals surface area contributed by atoms with E-state index < -0.39 is 0 Å². The molecule has 0 radical (unpaired) electrons. The number of methoxy groups -OCH3 is 4. The van der Waals surface area contributed by atoms with E-state index in [-0.39, 0.29) is 11.6 Å². The van der Waals surface area contributed by atoms with Gasteiger partial charge in [-0.15, -0.1) is 0 Å². The van der Waals surface area contributed by atoms with Crippen LogP contribution in [-0.2, 0) is 4.79 Å². The number of nitrogens with zero attached hydrogens (tertiary/aromatic N) is 1. The van der Waals surface area contributed by atoms with E-state index in [2.05, 4.69) is 10.3 Å². The molecule has 0 fully saturated rings. The Morgan fingerprint density at radius 1 is 0.857 bits per heavy atom. The molecule has 28 heavy (non-hydrogen) atoms. The third-order valence-electron chi connectivity index (χ3n) is 4.36. The van der Waals surface area contributed by atoms with Crippen molar-refractivity contribution in [3.05, 3.63) is 52.7 Å². The van der Waals surface area contributed by atoms with Crippen LogP contribution < -0.4 is 24.3 Å². The highest BCUT2D eigenvalue weighted by Gasteiger charge is 2.23. The molecule has 146 valence electrons. The second-order valence-corrected chi connectivity index (χ2v) is 6.11. The Hall–Kier alpha value is -3.48. The summed E-state index contributed by atoms with van der Waals surface area (Å²) >= 11 is 0. The van der Waals surface area contributed by atoms with Crippen LogP contribution >= 0.6 is 0 Å². The van der Waals surface area contributed by atoms with Gasteiger partial charge in [0.25, 0.3) is 5.91 Å². The predicted octanol–water partition coefficient (Wildman–Crippen LogP) is 2.95.